The third-order valence-electron chi connectivity index (χ3n) is 5.35. The molecule has 0 saturated carbocycles. The van der Waals surface area contributed by atoms with E-state index in [4.69, 9.17) is 14.2 Å². The van der Waals surface area contributed by atoms with Crippen LogP contribution in [0.15, 0.2) is 66.7 Å². The molecular weight excluding hydrogens is 460 g/mol. The van der Waals surface area contributed by atoms with E-state index in [1.165, 1.54) is 12.7 Å². The second-order valence-corrected chi connectivity index (χ2v) is 8.22. The molecule has 0 aromatic heterocycles. The molecule has 0 bridgehead atoms. The van der Waals surface area contributed by atoms with Crippen LogP contribution >= 0.6 is 0 Å². The molecule has 0 unspecified atom stereocenters. The van der Waals surface area contributed by atoms with E-state index >= 15 is 0 Å². The van der Waals surface area contributed by atoms with Crippen molar-refractivity contribution in [2.45, 2.75) is 33.1 Å². The van der Waals surface area contributed by atoms with Crippen molar-refractivity contribution in [1.82, 2.24) is 0 Å². The Kier molecular flexibility index (Phi) is 9.45. The molecule has 8 heteroatoms. The van der Waals surface area contributed by atoms with Gasteiger partial charge in [-0.2, -0.15) is 0 Å². The number of nitrogens with one attached hydrogen (secondary N) is 2. The Labute approximate surface area is 210 Å². The number of amides is 2. The average Bonchev–Trinajstić information content (AvgIpc) is 2.86. The first-order valence-electron chi connectivity index (χ1n) is 11.6. The van der Waals surface area contributed by atoms with E-state index in [-0.39, 0.29) is 18.7 Å². The molecule has 0 aliphatic carbocycles. The molecular formula is C28H30N2O6. The number of aryl methyl sites for hydroxylation is 2. The summed E-state index contributed by atoms with van der Waals surface area (Å²) in [6.45, 7) is 3.67. The summed E-state index contributed by atoms with van der Waals surface area (Å²) >= 11 is 0. The highest BCUT2D eigenvalue weighted by atomic mass is 16.5. The van der Waals surface area contributed by atoms with Crippen LogP contribution in [0, 0.1) is 13.8 Å². The number of hydrogen-bond acceptors (Lipinski definition) is 6. The van der Waals surface area contributed by atoms with Crippen LogP contribution in [-0.4, -0.2) is 31.5 Å². The number of carbonyl (C=O) groups is 3. The van der Waals surface area contributed by atoms with E-state index in [0.29, 0.717) is 29.3 Å². The van der Waals surface area contributed by atoms with E-state index in [9.17, 15) is 14.4 Å². The van der Waals surface area contributed by atoms with E-state index in [1.807, 2.05) is 32.0 Å². The van der Waals surface area contributed by atoms with E-state index in [0.717, 1.165) is 11.3 Å². The lowest BCUT2D eigenvalue weighted by Gasteiger charge is -2.10. The lowest BCUT2D eigenvalue weighted by molar-refractivity contribution is -0.147. The summed E-state index contributed by atoms with van der Waals surface area (Å²) in [5, 5.41) is 5.42. The second-order valence-electron chi connectivity index (χ2n) is 8.22. The van der Waals surface area contributed by atoms with Gasteiger partial charge in [0.2, 0.25) is 5.91 Å². The van der Waals surface area contributed by atoms with Crippen molar-refractivity contribution < 1.29 is 28.6 Å². The lowest BCUT2D eigenvalue weighted by Crippen LogP contribution is -2.21. The quantitative estimate of drug-likeness (QED) is 0.349. The minimum atomic E-state index is -0.545. The molecule has 0 aliphatic heterocycles. The summed E-state index contributed by atoms with van der Waals surface area (Å²) in [7, 11) is 1.53. The van der Waals surface area contributed by atoms with Crippen molar-refractivity contribution in [1.29, 1.82) is 0 Å². The van der Waals surface area contributed by atoms with E-state index in [1.54, 1.807) is 48.5 Å². The highest BCUT2D eigenvalue weighted by Crippen LogP contribution is 2.25. The van der Waals surface area contributed by atoms with Gasteiger partial charge in [0.15, 0.2) is 6.61 Å². The Morgan fingerprint density at radius 2 is 1.44 bits per heavy atom. The SMILES string of the molecule is COc1cccc(NC(=O)COC(=O)CCCC(=O)Nc2ccc(Oc3ccc(C)c(C)c3)cc2)c1. The molecule has 188 valence electrons. The first-order chi connectivity index (χ1) is 17.3. The summed E-state index contributed by atoms with van der Waals surface area (Å²) in [6, 6.07) is 19.8. The van der Waals surface area contributed by atoms with Gasteiger partial charge < -0.3 is 24.8 Å². The summed E-state index contributed by atoms with van der Waals surface area (Å²) in [5.74, 6) is 0.788. The number of benzene rings is 3. The molecule has 3 aromatic carbocycles. The minimum Gasteiger partial charge on any atom is -0.497 e. The molecule has 3 aromatic rings. The average molecular weight is 491 g/mol. The van der Waals surface area contributed by atoms with Gasteiger partial charge in [-0.1, -0.05) is 12.1 Å². The first kappa shape index (κ1) is 26.3. The molecule has 36 heavy (non-hydrogen) atoms. The van der Waals surface area contributed by atoms with Crippen LogP contribution in [0.5, 0.6) is 17.2 Å². The highest BCUT2D eigenvalue weighted by molar-refractivity contribution is 5.93. The number of methoxy groups -OCH3 is 1. The molecule has 8 nitrogen and oxygen atoms in total. The summed E-state index contributed by atoms with van der Waals surface area (Å²) in [5.41, 5.74) is 3.52. The molecule has 0 atom stereocenters. The second kappa shape index (κ2) is 12.9. The van der Waals surface area contributed by atoms with Gasteiger partial charge in [-0.15, -0.1) is 0 Å². The fourth-order valence-electron chi connectivity index (χ4n) is 3.25. The van der Waals surface area contributed by atoms with E-state index in [2.05, 4.69) is 10.6 Å². The maximum absolute atomic E-state index is 12.2. The Hall–Kier alpha value is -4.33. The van der Waals surface area contributed by atoms with Crippen molar-refractivity contribution in [3.05, 3.63) is 77.9 Å². The van der Waals surface area contributed by atoms with E-state index < -0.39 is 18.5 Å². The third-order valence-corrected chi connectivity index (χ3v) is 5.35. The van der Waals surface area contributed by atoms with Gasteiger partial charge in [-0.05, 0) is 79.9 Å². The van der Waals surface area contributed by atoms with Gasteiger partial charge in [-0.3, -0.25) is 14.4 Å². The summed E-state index contributed by atoms with van der Waals surface area (Å²) in [6.07, 6.45) is 0.477. The topological polar surface area (TPSA) is 103 Å². The Morgan fingerprint density at radius 1 is 0.722 bits per heavy atom. The normalized spacial score (nSPS) is 10.3. The van der Waals surface area contributed by atoms with Crippen LogP contribution in [-0.2, 0) is 19.1 Å². The fourth-order valence-corrected chi connectivity index (χ4v) is 3.25. The number of carbonyl (C=O) groups excluding carboxylic acids is 3. The smallest absolute Gasteiger partial charge is 0.306 e. The van der Waals surface area contributed by atoms with Gasteiger partial charge in [0.1, 0.15) is 17.2 Å². The van der Waals surface area contributed by atoms with Crippen LogP contribution in [0.2, 0.25) is 0 Å². The van der Waals surface area contributed by atoms with Crippen molar-refractivity contribution in [2.75, 3.05) is 24.4 Å². The zero-order chi connectivity index (χ0) is 25.9. The maximum atomic E-state index is 12.2. The molecule has 2 amide bonds. The molecule has 0 fully saturated rings. The largest absolute Gasteiger partial charge is 0.497 e. The fraction of sp³-hybridized carbons (Fsp3) is 0.250. The molecule has 3 rings (SSSR count). The summed E-state index contributed by atoms with van der Waals surface area (Å²) in [4.78, 5) is 36.0. The van der Waals surface area contributed by atoms with Crippen LogP contribution in [0.4, 0.5) is 11.4 Å². The number of esters is 1. The predicted molar refractivity (Wildman–Crippen MR) is 137 cm³/mol. The molecule has 0 spiro atoms. The van der Waals surface area contributed by atoms with Crippen molar-refractivity contribution >= 4 is 29.2 Å². The van der Waals surface area contributed by atoms with Gasteiger partial charge in [0.05, 0.1) is 7.11 Å². The first-order valence-corrected chi connectivity index (χ1v) is 11.6. The van der Waals surface area contributed by atoms with Gasteiger partial charge in [0, 0.05) is 30.3 Å². The van der Waals surface area contributed by atoms with Crippen molar-refractivity contribution in [3.8, 4) is 17.2 Å². The number of ether oxygens (including phenoxy) is 3. The molecule has 2 N–H and O–H groups in total. The van der Waals surface area contributed by atoms with Crippen molar-refractivity contribution in [2.24, 2.45) is 0 Å². The Bertz CT molecular complexity index is 1210. The molecule has 0 radical (unpaired) electrons. The minimum absolute atomic E-state index is 0.0304. The number of anilines is 2. The highest BCUT2D eigenvalue weighted by Gasteiger charge is 2.10. The predicted octanol–water partition coefficient (Wildman–Crippen LogP) is 5.40. The number of hydrogen-bond donors (Lipinski definition) is 2. The molecule has 0 aliphatic rings. The van der Waals surface area contributed by atoms with Gasteiger partial charge in [0.25, 0.3) is 5.91 Å². The van der Waals surface area contributed by atoms with Crippen LogP contribution in [0.3, 0.4) is 0 Å². The Balaban J connectivity index is 1.34. The summed E-state index contributed by atoms with van der Waals surface area (Å²) < 4.78 is 15.9. The zero-order valence-electron chi connectivity index (χ0n) is 20.6. The van der Waals surface area contributed by atoms with Gasteiger partial charge >= 0.3 is 5.97 Å². The molecule has 0 saturated heterocycles. The standard InChI is InChI=1S/C28H30N2O6/c1-19-10-13-25(16-20(19)2)36-23-14-11-21(12-15-23)29-26(31)8-5-9-28(33)35-18-27(32)30-22-6-4-7-24(17-22)34-3/h4,6-7,10-17H,5,8-9,18H2,1-3H3,(H,29,31)(H,30,32). The number of rotatable bonds is 11. The third kappa shape index (κ3) is 8.47. The molecule has 0 heterocycles. The monoisotopic (exact) mass is 490 g/mol. The Morgan fingerprint density at radius 3 is 2.17 bits per heavy atom. The van der Waals surface area contributed by atoms with Crippen LogP contribution in [0.1, 0.15) is 30.4 Å². The van der Waals surface area contributed by atoms with Crippen LogP contribution < -0.4 is 20.1 Å². The zero-order valence-corrected chi connectivity index (χ0v) is 20.6. The maximum Gasteiger partial charge on any atom is 0.306 e. The lowest BCUT2D eigenvalue weighted by atomic mass is 10.1. The van der Waals surface area contributed by atoms with Crippen molar-refractivity contribution in [3.63, 3.8) is 0 Å². The van der Waals surface area contributed by atoms with Gasteiger partial charge in [-0.25, -0.2) is 0 Å². The van der Waals surface area contributed by atoms with Crippen LogP contribution in [0.25, 0.3) is 0 Å².